The van der Waals surface area contributed by atoms with E-state index in [9.17, 15) is 0 Å². The topological polar surface area (TPSA) is 15.3 Å². The Hall–Kier alpha value is -0.380. The molecule has 0 aromatic carbocycles. The SMILES string of the molecule is CCNCC(CC)(CC)CN(Cc1cccs1)C(C)C. The van der Waals surface area contributed by atoms with Crippen LogP contribution in [0.3, 0.4) is 0 Å². The van der Waals surface area contributed by atoms with E-state index in [1.165, 1.54) is 24.3 Å². The molecule has 0 atom stereocenters. The van der Waals surface area contributed by atoms with E-state index in [0.717, 1.165) is 19.6 Å². The average molecular weight is 297 g/mol. The van der Waals surface area contributed by atoms with E-state index in [4.69, 9.17) is 0 Å². The molecule has 0 fully saturated rings. The average Bonchev–Trinajstić information content (AvgIpc) is 2.95. The number of nitrogens with zero attached hydrogens (tertiary/aromatic N) is 1. The molecule has 1 heterocycles. The molecule has 0 amide bonds. The van der Waals surface area contributed by atoms with Gasteiger partial charge in [0.2, 0.25) is 0 Å². The molecule has 0 spiro atoms. The van der Waals surface area contributed by atoms with Gasteiger partial charge < -0.3 is 5.32 Å². The van der Waals surface area contributed by atoms with Crippen molar-refractivity contribution in [3.63, 3.8) is 0 Å². The first-order chi connectivity index (χ1) is 9.56. The molecule has 20 heavy (non-hydrogen) atoms. The first-order valence-electron chi connectivity index (χ1n) is 8.04. The molecule has 0 radical (unpaired) electrons. The molecule has 116 valence electrons. The highest BCUT2D eigenvalue weighted by Gasteiger charge is 2.29. The van der Waals surface area contributed by atoms with Gasteiger partial charge in [0.05, 0.1) is 0 Å². The Morgan fingerprint density at radius 3 is 2.40 bits per heavy atom. The molecule has 0 saturated carbocycles. The van der Waals surface area contributed by atoms with Crippen molar-refractivity contribution < 1.29 is 0 Å². The highest BCUT2D eigenvalue weighted by Crippen LogP contribution is 2.29. The van der Waals surface area contributed by atoms with Gasteiger partial charge >= 0.3 is 0 Å². The molecule has 0 bridgehead atoms. The standard InChI is InChI=1S/C17H32N2S/c1-6-17(7-2,13-18-8-3)14-19(15(4)5)12-16-10-9-11-20-16/h9-11,15,18H,6-8,12-14H2,1-5H3. The summed E-state index contributed by atoms with van der Waals surface area (Å²) >= 11 is 1.87. The van der Waals surface area contributed by atoms with Gasteiger partial charge in [-0.1, -0.05) is 26.8 Å². The smallest absolute Gasteiger partial charge is 0.0330 e. The van der Waals surface area contributed by atoms with Crippen molar-refractivity contribution in [1.29, 1.82) is 0 Å². The van der Waals surface area contributed by atoms with Crippen LogP contribution in [0.25, 0.3) is 0 Å². The molecule has 0 aliphatic heterocycles. The third-order valence-electron chi connectivity index (χ3n) is 4.46. The molecule has 1 aromatic heterocycles. The fourth-order valence-corrected chi connectivity index (χ4v) is 3.35. The van der Waals surface area contributed by atoms with Crippen LogP contribution in [0.4, 0.5) is 0 Å². The zero-order chi connectivity index (χ0) is 15.0. The fraction of sp³-hybridized carbons (Fsp3) is 0.765. The van der Waals surface area contributed by atoms with Gasteiger partial charge in [-0.15, -0.1) is 11.3 Å². The maximum Gasteiger partial charge on any atom is 0.0330 e. The van der Waals surface area contributed by atoms with Crippen LogP contribution < -0.4 is 5.32 Å². The van der Waals surface area contributed by atoms with Gasteiger partial charge in [-0.25, -0.2) is 0 Å². The fourth-order valence-electron chi connectivity index (χ4n) is 2.62. The van der Waals surface area contributed by atoms with E-state index in [0.29, 0.717) is 11.5 Å². The number of hydrogen-bond donors (Lipinski definition) is 1. The van der Waals surface area contributed by atoms with Crippen LogP contribution in [-0.4, -0.2) is 30.6 Å². The summed E-state index contributed by atoms with van der Waals surface area (Å²) in [5, 5.41) is 5.75. The summed E-state index contributed by atoms with van der Waals surface area (Å²) in [6.07, 6.45) is 2.48. The zero-order valence-electron chi connectivity index (χ0n) is 13.9. The summed E-state index contributed by atoms with van der Waals surface area (Å²) in [5.41, 5.74) is 0.400. The number of hydrogen-bond acceptors (Lipinski definition) is 3. The quantitative estimate of drug-likeness (QED) is 0.689. The lowest BCUT2D eigenvalue weighted by atomic mass is 9.81. The van der Waals surface area contributed by atoms with E-state index in [1.807, 2.05) is 11.3 Å². The second kappa shape index (κ2) is 8.81. The third-order valence-corrected chi connectivity index (χ3v) is 5.32. The van der Waals surface area contributed by atoms with Crippen molar-refractivity contribution in [3.8, 4) is 0 Å². The van der Waals surface area contributed by atoms with Crippen molar-refractivity contribution in [3.05, 3.63) is 22.4 Å². The first kappa shape index (κ1) is 17.7. The molecule has 0 aliphatic rings. The second-order valence-electron chi connectivity index (χ2n) is 6.07. The molecule has 0 aliphatic carbocycles. The van der Waals surface area contributed by atoms with Crippen LogP contribution in [0.15, 0.2) is 17.5 Å². The molecule has 3 heteroatoms. The number of nitrogens with one attached hydrogen (secondary N) is 1. The summed E-state index contributed by atoms with van der Waals surface area (Å²) < 4.78 is 0. The third kappa shape index (κ3) is 5.19. The van der Waals surface area contributed by atoms with Crippen molar-refractivity contribution >= 4 is 11.3 Å². The Kier molecular flexibility index (Phi) is 7.78. The van der Waals surface area contributed by atoms with Crippen LogP contribution in [0.5, 0.6) is 0 Å². The monoisotopic (exact) mass is 296 g/mol. The van der Waals surface area contributed by atoms with E-state index >= 15 is 0 Å². The lowest BCUT2D eigenvalue weighted by molar-refractivity contribution is 0.105. The van der Waals surface area contributed by atoms with Crippen molar-refractivity contribution in [2.75, 3.05) is 19.6 Å². The lowest BCUT2D eigenvalue weighted by Gasteiger charge is -2.39. The molecule has 1 aromatic rings. The summed E-state index contributed by atoms with van der Waals surface area (Å²) in [6, 6.07) is 5.00. The van der Waals surface area contributed by atoms with Gasteiger partial charge in [0.15, 0.2) is 0 Å². The number of thiophene rings is 1. The predicted molar refractivity (Wildman–Crippen MR) is 91.4 cm³/mol. The summed E-state index contributed by atoms with van der Waals surface area (Å²) in [6.45, 7) is 16.0. The zero-order valence-corrected chi connectivity index (χ0v) is 14.7. The van der Waals surface area contributed by atoms with Crippen LogP contribution in [0.1, 0.15) is 52.3 Å². The Labute approximate surface area is 129 Å². The van der Waals surface area contributed by atoms with Gasteiger partial charge in [-0.2, -0.15) is 0 Å². The molecule has 0 unspecified atom stereocenters. The van der Waals surface area contributed by atoms with Gasteiger partial charge in [0.25, 0.3) is 0 Å². The molecular weight excluding hydrogens is 264 g/mol. The maximum atomic E-state index is 3.57. The van der Waals surface area contributed by atoms with Crippen LogP contribution in [0, 0.1) is 5.41 Å². The van der Waals surface area contributed by atoms with Crippen LogP contribution in [-0.2, 0) is 6.54 Å². The Bertz CT molecular complexity index is 342. The summed E-state index contributed by atoms with van der Waals surface area (Å²) in [7, 11) is 0. The van der Waals surface area contributed by atoms with E-state index < -0.39 is 0 Å². The second-order valence-corrected chi connectivity index (χ2v) is 7.10. The van der Waals surface area contributed by atoms with Crippen LogP contribution >= 0.6 is 11.3 Å². The lowest BCUT2D eigenvalue weighted by Crippen LogP contribution is -2.45. The summed E-state index contributed by atoms with van der Waals surface area (Å²) in [4.78, 5) is 4.11. The van der Waals surface area contributed by atoms with Crippen LogP contribution in [0.2, 0.25) is 0 Å². The Morgan fingerprint density at radius 1 is 1.25 bits per heavy atom. The van der Waals surface area contributed by atoms with E-state index in [-0.39, 0.29) is 0 Å². The Morgan fingerprint density at radius 2 is 1.95 bits per heavy atom. The molecule has 2 nitrogen and oxygen atoms in total. The maximum absolute atomic E-state index is 3.57. The van der Waals surface area contributed by atoms with Crippen molar-refractivity contribution in [1.82, 2.24) is 10.2 Å². The van der Waals surface area contributed by atoms with E-state index in [1.54, 1.807) is 0 Å². The molecule has 1 N–H and O–H groups in total. The Balaban J connectivity index is 2.74. The highest BCUT2D eigenvalue weighted by atomic mass is 32.1. The van der Waals surface area contributed by atoms with Gasteiger partial charge in [0, 0.05) is 30.6 Å². The minimum atomic E-state index is 0.400. The predicted octanol–water partition coefficient (Wildman–Crippen LogP) is 4.37. The molecular formula is C17H32N2S. The van der Waals surface area contributed by atoms with Crippen molar-refractivity contribution in [2.45, 2.75) is 60.0 Å². The molecule has 0 saturated heterocycles. The largest absolute Gasteiger partial charge is 0.316 e. The van der Waals surface area contributed by atoms with Crippen molar-refractivity contribution in [2.24, 2.45) is 5.41 Å². The normalized spacial score (nSPS) is 12.6. The molecule has 1 rings (SSSR count). The minimum Gasteiger partial charge on any atom is -0.316 e. The van der Waals surface area contributed by atoms with Gasteiger partial charge in [-0.05, 0) is 50.1 Å². The first-order valence-corrected chi connectivity index (χ1v) is 8.92. The number of rotatable bonds is 10. The van der Waals surface area contributed by atoms with Gasteiger partial charge in [0.1, 0.15) is 0 Å². The van der Waals surface area contributed by atoms with Gasteiger partial charge in [-0.3, -0.25) is 4.90 Å². The highest BCUT2D eigenvalue weighted by molar-refractivity contribution is 7.09. The van der Waals surface area contributed by atoms with E-state index in [2.05, 4.69) is 62.3 Å². The minimum absolute atomic E-state index is 0.400. The summed E-state index contributed by atoms with van der Waals surface area (Å²) in [5.74, 6) is 0.